The summed E-state index contributed by atoms with van der Waals surface area (Å²) in [4.78, 5) is 13.7. The maximum Gasteiger partial charge on any atom is 0.185 e. The SMILES string of the molecule is ClCc1csc(CN2CCN(c3nccs3)CC2)n1. The molecule has 1 aliphatic rings. The first-order chi connectivity index (χ1) is 9.35. The van der Waals surface area contributed by atoms with Crippen LogP contribution in [0.15, 0.2) is 17.0 Å². The summed E-state index contributed by atoms with van der Waals surface area (Å²) in [5.74, 6) is 0.508. The first-order valence-corrected chi connectivity index (χ1v) is 8.50. The summed E-state index contributed by atoms with van der Waals surface area (Å²) >= 11 is 9.19. The summed E-state index contributed by atoms with van der Waals surface area (Å²) in [6.45, 7) is 5.15. The average molecular weight is 315 g/mol. The van der Waals surface area contributed by atoms with Crippen molar-refractivity contribution in [1.82, 2.24) is 14.9 Å². The molecule has 2 aromatic rings. The molecule has 0 radical (unpaired) electrons. The van der Waals surface area contributed by atoms with Crippen LogP contribution in [-0.4, -0.2) is 41.0 Å². The van der Waals surface area contributed by atoms with Gasteiger partial charge in [0.2, 0.25) is 0 Å². The fourth-order valence-electron chi connectivity index (χ4n) is 2.14. The summed E-state index contributed by atoms with van der Waals surface area (Å²) in [7, 11) is 0. The molecular weight excluding hydrogens is 300 g/mol. The lowest BCUT2D eigenvalue weighted by atomic mass is 10.3. The summed E-state index contributed by atoms with van der Waals surface area (Å²) in [6.07, 6.45) is 1.87. The van der Waals surface area contributed by atoms with Gasteiger partial charge in [-0.3, -0.25) is 4.90 Å². The molecule has 0 aromatic carbocycles. The van der Waals surface area contributed by atoms with Crippen LogP contribution in [0.5, 0.6) is 0 Å². The number of alkyl halides is 1. The minimum Gasteiger partial charge on any atom is -0.346 e. The first-order valence-electron chi connectivity index (χ1n) is 6.21. The Labute approximate surface area is 125 Å². The molecule has 3 rings (SSSR count). The smallest absolute Gasteiger partial charge is 0.185 e. The molecule has 0 aliphatic carbocycles. The van der Waals surface area contributed by atoms with E-state index in [1.165, 1.54) is 5.01 Å². The van der Waals surface area contributed by atoms with Gasteiger partial charge in [0, 0.05) is 43.1 Å². The highest BCUT2D eigenvalue weighted by Crippen LogP contribution is 2.20. The Morgan fingerprint density at radius 3 is 2.68 bits per heavy atom. The van der Waals surface area contributed by atoms with Gasteiger partial charge in [0.05, 0.1) is 18.1 Å². The van der Waals surface area contributed by atoms with E-state index >= 15 is 0 Å². The van der Waals surface area contributed by atoms with Gasteiger partial charge in [-0.25, -0.2) is 9.97 Å². The summed E-state index contributed by atoms with van der Waals surface area (Å²) in [5.41, 5.74) is 0.989. The van der Waals surface area contributed by atoms with Gasteiger partial charge in [0.25, 0.3) is 0 Å². The van der Waals surface area contributed by atoms with Crippen LogP contribution in [0.4, 0.5) is 5.13 Å². The van der Waals surface area contributed by atoms with Gasteiger partial charge in [0.1, 0.15) is 5.01 Å². The Bertz CT molecular complexity index is 506. The Balaban J connectivity index is 1.52. The number of thiazole rings is 2. The van der Waals surface area contributed by atoms with Crippen LogP contribution in [0.3, 0.4) is 0 Å². The largest absolute Gasteiger partial charge is 0.346 e. The van der Waals surface area contributed by atoms with Crippen LogP contribution in [0.1, 0.15) is 10.7 Å². The van der Waals surface area contributed by atoms with E-state index in [1.54, 1.807) is 22.7 Å². The van der Waals surface area contributed by atoms with Gasteiger partial charge in [-0.15, -0.1) is 34.3 Å². The third kappa shape index (κ3) is 3.25. The van der Waals surface area contributed by atoms with E-state index in [9.17, 15) is 0 Å². The summed E-state index contributed by atoms with van der Waals surface area (Å²) in [6, 6.07) is 0. The Kier molecular flexibility index (Phi) is 4.32. The molecule has 0 unspecified atom stereocenters. The Morgan fingerprint density at radius 2 is 2.05 bits per heavy atom. The predicted octanol–water partition coefficient (Wildman–Crippen LogP) is 2.66. The lowest BCUT2D eigenvalue weighted by Crippen LogP contribution is -2.45. The van der Waals surface area contributed by atoms with Crippen molar-refractivity contribution in [1.29, 1.82) is 0 Å². The number of piperazine rings is 1. The van der Waals surface area contributed by atoms with E-state index < -0.39 is 0 Å². The van der Waals surface area contributed by atoms with Crippen LogP contribution in [0.2, 0.25) is 0 Å². The molecule has 1 fully saturated rings. The predicted molar refractivity (Wildman–Crippen MR) is 81.3 cm³/mol. The molecule has 102 valence electrons. The molecule has 0 bridgehead atoms. The molecule has 1 saturated heterocycles. The van der Waals surface area contributed by atoms with E-state index in [4.69, 9.17) is 11.6 Å². The van der Waals surface area contributed by atoms with Crippen molar-refractivity contribution < 1.29 is 0 Å². The molecule has 0 saturated carbocycles. The van der Waals surface area contributed by atoms with Crippen molar-refractivity contribution in [3.8, 4) is 0 Å². The van der Waals surface area contributed by atoms with Crippen LogP contribution >= 0.6 is 34.3 Å². The molecule has 0 atom stereocenters. The number of rotatable bonds is 4. The van der Waals surface area contributed by atoms with E-state index in [2.05, 4.69) is 19.8 Å². The van der Waals surface area contributed by atoms with E-state index in [0.717, 1.165) is 43.5 Å². The normalized spacial score (nSPS) is 17.0. The lowest BCUT2D eigenvalue weighted by molar-refractivity contribution is 0.249. The molecule has 0 N–H and O–H groups in total. The average Bonchev–Trinajstić information content (AvgIpc) is 3.10. The van der Waals surface area contributed by atoms with E-state index in [0.29, 0.717) is 5.88 Å². The zero-order valence-electron chi connectivity index (χ0n) is 10.5. The fraction of sp³-hybridized carbons (Fsp3) is 0.500. The van der Waals surface area contributed by atoms with Crippen LogP contribution in [0, 0.1) is 0 Å². The van der Waals surface area contributed by atoms with Crippen LogP contribution < -0.4 is 4.90 Å². The second-order valence-corrected chi connectivity index (χ2v) is 6.53. The number of hydrogen-bond donors (Lipinski definition) is 0. The minimum atomic E-state index is 0.508. The molecule has 19 heavy (non-hydrogen) atoms. The highest BCUT2D eigenvalue weighted by Gasteiger charge is 2.19. The topological polar surface area (TPSA) is 32.3 Å². The quantitative estimate of drug-likeness (QED) is 0.812. The van der Waals surface area contributed by atoms with Crippen molar-refractivity contribution >= 4 is 39.4 Å². The monoisotopic (exact) mass is 314 g/mol. The van der Waals surface area contributed by atoms with Crippen molar-refractivity contribution in [3.05, 3.63) is 27.7 Å². The number of aromatic nitrogens is 2. The number of halogens is 1. The van der Waals surface area contributed by atoms with Gasteiger partial charge in [0.15, 0.2) is 5.13 Å². The van der Waals surface area contributed by atoms with E-state index in [1.807, 2.05) is 17.0 Å². The van der Waals surface area contributed by atoms with Gasteiger partial charge < -0.3 is 4.90 Å². The van der Waals surface area contributed by atoms with Gasteiger partial charge >= 0.3 is 0 Å². The number of nitrogens with zero attached hydrogens (tertiary/aromatic N) is 4. The number of anilines is 1. The molecule has 4 nitrogen and oxygen atoms in total. The highest BCUT2D eigenvalue weighted by molar-refractivity contribution is 7.13. The maximum atomic E-state index is 5.78. The molecule has 0 amide bonds. The third-order valence-electron chi connectivity index (χ3n) is 3.16. The minimum absolute atomic E-state index is 0.508. The third-order valence-corrected chi connectivity index (χ3v) is 5.15. The van der Waals surface area contributed by atoms with Gasteiger partial charge in [-0.05, 0) is 0 Å². The molecule has 0 spiro atoms. The standard InChI is InChI=1S/C12H15ClN4S2/c13-7-10-9-19-11(15-10)8-16-2-4-17(5-3-16)12-14-1-6-18-12/h1,6,9H,2-5,7-8H2. The van der Waals surface area contributed by atoms with Crippen LogP contribution in [0.25, 0.3) is 0 Å². The Hall–Kier alpha value is -0.690. The van der Waals surface area contributed by atoms with Crippen molar-refractivity contribution in [2.75, 3.05) is 31.1 Å². The second kappa shape index (κ2) is 6.17. The molecular formula is C12H15ClN4S2. The van der Waals surface area contributed by atoms with Crippen molar-refractivity contribution in [3.63, 3.8) is 0 Å². The Morgan fingerprint density at radius 1 is 1.21 bits per heavy atom. The maximum absolute atomic E-state index is 5.78. The molecule has 2 aromatic heterocycles. The van der Waals surface area contributed by atoms with Crippen LogP contribution in [-0.2, 0) is 12.4 Å². The number of hydrogen-bond acceptors (Lipinski definition) is 6. The highest BCUT2D eigenvalue weighted by atomic mass is 35.5. The van der Waals surface area contributed by atoms with E-state index in [-0.39, 0.29) is 0 Å². The summed E-state index contributed by atoms with van der Waals surface area (Å²) in [5, 5.41) is 6.38. The first kappa shape index (κ1) is 13.3. The van der Waals surface area contributed by atoms with Gasteiger partial charge in [-0.1, -0.05) is 0 Å². The molecule has 7 heteroatoms. The fourth-order valence-corrected chi connectivity index (χ4v) is 3.90. The zero-order chi connectivity index (χ0) is 13.1. The lowest BCUT2D eigenvalue weighted by Gasteiger charge is -2.34. The van der Waals surface area contributed by atoms with Crippen molar-refractivity contribution in [2.45, 2.75) is 12.4 Å². The van der Waals surface area contributed by atoms with Gasteiger partial charge in [-0.2, -0.15) is 0 Å². The summed E-state index contributed by atoms with van der Waals surface area (Å²) < 4.78 is 0. The second-order valence-electron chi connectivity index (χ2n) is 4.44. The molecule has 1 aliphatic heterocycles. The van der Waals surface area contributed by atoms with Crippen molar-refractivity contribution in [2.24, 2.45) is 0 Å². The molecule has 3 heterocycles. The zero-order valence-corrected chi connectivity index (χ0v) is 12.8.